The van der Waals surface area contributed by atoms with Gasteiger partial charge in [0.15, 0.2) is 0 Å². The molecular formula is C18H25N. The average molecular weight is 255 g/mol. The van der Waals surface area contributed by atoms with E-state index in [0.717, 1.165) is 18.4 Å². The predicted octanol–water partition coefficient (Wildman–Crippen LogP) is 3.97. The molecule has 1 aromatic carbocycles. The molecule has 0 amide bonds. The second-order valence-electron chi connectivity index (χ2n) is 6.24. The van der Waals surface area contributed by atoms with Crippen molar-refractivity contribution in [2.45, 2.75) is 51.0 Å². The van der Waals surface area contributed by atoms with Crippen LogP contribution in [0.3, 0.4) is 0 Å². The van der Waals surface area contributed by atoms with Crippen molar-refractivity contribution in [2.24, 2.45) is 5.92 Å². The van der Waals surface area contributed by atoms with Gasteiger partial charge in [-0.25, -0.2) is 0 Å². The van der Waals surface area contributed by atoms with Crippen molar-refractivity contribution >= 4 is 5.57 Å². The molecule has 0 radical (unpaired) electrons. The van der Waals surface area contributed by atoms with Crippen LogP contribution in [0.25, 0.3) is 5.57 Å². The first-order valence-electron chi connectivity index (χ1n) is 7.75. The molecule has 2 unspecified atom stereocenters. The molecule has 3 rings (SSSR count). The Morgan fingerprint density at radius 1 is 1.21 bits per heavy atom. The number of fused-ring (bicyclic) bond motifs is 1. The largest absolute Gasteiger partial charge is 0.317 e. The van der Waals surface area contributed by atoms with Crippen molar-refractivity contribution in [3.63, 3.8) is 0 Å². The summed E-state index contributed by atoms with van der Waals surface area (Å²) in [5.41, 5.74) is 5.80. The molecule has 1 heteroatoms. The first-order chi connectivity index (χ1) is 9.28. The molecular weight excluding hydrogens is 230 g/mol. The maximum atomic E-state index is 4.16. The summed E-state index contributed by atoms with van der Waals surface area (Å²) in [5, 5.41) is 3.52. The molecule has 2 aliphatic carbocycles. The SMILES string of the molecule is C=C1CCc2cc(CC3CCCCC3NC)ccc21. The van der Waals surface area contributed by atoms with Crippen LogP contribution in [0.2, 0.25) is 0 Å². The molecule has 1 N–H and O–H groups in total. The summed E-state index contributed by atoms with van der Waals surface area (Å²) in [6.07, 6.45) is 9.13. The Morgan fingerprint density at radius 2 is 2.05 bits per heavy atom. The zero-order valence-corrected chi connectivity index (χ0v) is 12.0. The van der Waals surface area contributed by atoms with E-state index in [1.807, 2.05) is 0 Å². The molecule has 1 saturated carbocycles. The van der Waals surface area contributed by atoms with Gasteiger partial charge in [0, 0.05) is 6.04 Å². The van der Waals surface area contributed by atoms with Gasteiger partial charge in [0.2, 0.25) is 0 Å². The van der Waals surface area contributed by atoms with Crippen molar-refractivity contribution in [3.05, 3.63) is 41.5 Å². The monoisotopic (exact) mass is 255 g/mol. The van der Waals surface area contributed by atoms with Crippen LogP contribution in [0.15, 0.2) is 24.8 Å². The normalized spacial score (nSPS) is 26.5. The van der Waals surface area contributed by atoms with E-state index in [0.29, 0.717) is 0 Å². The van der Waals surface area contributed by atoms with Crippen LogP contribution in [0, 0.1) is 5.92 Å². The third-order valence-electron chi connectivity index (χ3n) is 5.02. The minimum atomic E-state index is 0.719. The van der Waals surface area contributed by atoms with Gasteiger partial charge in [-0.15, -0.1) is 0 Å². The van der Waals surface area contributed by atoms with E-state index in [4.69, 9.17) is 0 Å². The highest BCUT2D eigenvalue weighted by atomic mass is 14.9. The molecule has 0 spiro atoms. The number of allylic oxidation sites excluding steroid dienone is 1. The smallest absolute Gasteiger partial charge is 0.00955 e. The third kappa shape index (κ3) is 2.62. The third-order valence-corrected chi connectivity index (χ3v) is 5.02. The summed E-state index contributed by atoms with van der Waals surface area (Å²) >= 11 is 0. The Labute approximate surface area is 117 Å². The quantitative estimate of drug-likeness (QED) is 0.862. The Morgan fingerprint density at radius 3 is 2.89 bits per heavy atom. The van der Waals surface area contributed by atoms with E-state index < -0.39 is 0 Å². The van der Waals surface area contributed by atoms with Crippen LogP contribution in [-0.2, 0) is 12.8 Å². The highest BCUT2D eigenvalue weighted by Gasteiger charge is 2.24. The molecule has 0 aliphatic heterocycles. The second-order valence-corrected chi connectivity index (χ2v) is 6.24. The van der Waals surface area contributed by atoms with Crippen molar-refractivity contribution in [3.8, 4) is 0 Å². The lowest BCUT2D eigenvalue weighted by atomic mass is 9.80. The lowest BCUT2D eigenvalue weighted by Gasteiger charge is -2.31. The number of benzene rings is 1. The van der Waals surface area contributed by atoms with Gasteiger partial charge in [-0.05, 0) is 67.3 Å². The van der Waals surface area contributed by atoms with Crippen LogP contribution in [0.4, 0.5) is 0 Å². The van der Waals surface area contributed by atoms with Gasteiger partial charge in [0.1, 0.15) is 0 Å². The van der Waals surface area contributed by atoms with Crippen molar-refractivity contribution < 1.29 is 0 Å². The van der Waals surface area contributed by atoms with Gasteiger partial charge < -0.3 is 5.32 Å². The van der Waals surface area contributed by atoms with Crippen molar-refractivity contribution in [1.29, 1.82) is 0 Å². The van der Waals surface area contributed by atoms with Crippen molar-refractivity contribution in [2.75, 3.05) is 7.05 Å². The fourth-order valence-corrected chi connectivity index (χ4v) is 3.88. The second kappa shape index (κ2) is 5.50. The van der Waals surface area contributed by atoms with Gasteiger partial charge >= 0.3 is 0 Å². The predicted molar refractivity (Wildman–Crippen MR) is 82.3 cm³/mol. The molecule has 0 saturated heterocycles. The Balaban J connectivity index is 1.74. The molecule has 2 aliphatic rings. The highest BCUT2D eigenvalue weighted by molar-refractivity contribution is 5.71. The Hall–Kier alpha value is -1.08. The molecule has 0 bridgehead atoms. The molecule has 0 heterocycles. The molecule has 1 fully saturated rings. The average Bonchev–Trinajstić information content (AvgIpc) is 2.81. The minimum Gasteiger partial charge on any atom is -0.317 e. The zero-order chi connectivity index (χ0) is 13.2. The maximum Gasteiger partial charge on any atom is 0.00955 e. The van der Waals surface area contributed by atoms with E-state index in [-0.39, 0.29) is 0 Å². The van der Waals surface area contributed by atoms with Crippen LogP contribution in [0.1, 0.15) is 48.8 Å². The summed E-state index contributed by atoms with van der Waals surface area (Å²) in [6.45, 7) is 4.16. The first-order valence-corrected chi connectivity index (χ1v) is 7.75. The molecule has 2 atom stereocenters. The lowest BCUT2D eigenvalue weighted by Crippen LogP contribution is -2.37. The maximum absolute atomic E-state index is 4.16. The lowest BCUT2D eigenvalue weighted by molar-refractivity contribution is 0.272. The topological polar surface area (TPSA) is 12.0 Å². The van der Waals surface area contributed by atoms with Crippen LogP contribution >= 0.6 is 0 Å². The summed E-state index contributed by atoms with van der Waals surface area (Å²) in [5.74, 6) is 0.821. The van der Waals surface area contributed by atoms with Crippen LogP contribution in [0.5, 0.6) is 0 Å². The zero-order valence-electron chi connectivity index (χ0n) is 12.0. The van der Waals surface area contributed by atoms with Crippen LogP contribution < -0.4 is 5.32 Å². The van der Waals surface area contributed by atoms with Gasteiger partial charge in [-0.2, -0.15) is 0 Å². The number of hydrogen-bond donors (Lipinski definition) is 1. The summed E-state index contributed by atoms with van der Waals surface area (Å²) < 4.78 is 0. The van der Waals surface area contributed by atoms with E-state index in [2.05, 4.69) is 37.1 Å². The van der Waals surface area contributed by atoms with Gasteiger partial charge in [-0.1, -0.05) is 37.6 Å². The summed E-state index contributed by atoms with van der Waals surface area (Å²) in [6, 6.07) is 7.79. The fourth-order valence-electron chi connectivity index (χ4n) is 3.88. The molecule has 102 valence electrons. The van der Waals surface area contributed by atoms with Gasteiger partial charge in [0.05, 0.1) is 0 Å². The van der Waals surface area contributed by atoms with E-state index in [9.17, 15) is 0 Å². The number of rotatable bonds is 3. The molecule has 1 nitrogen and oxygen atoms in total. The number of nitrogens with one attached hydrogen (secondary N) is 1. The molecule has 0 aromatic heterocycles. The van der Waals surface area contributed by atoms with E-state index in [1.165, 1.54) is 60.8 Å². The minimum absolute atomic E-state index is 0.719. The van der Waals surface area contributed by atoms with Gasteiger partial charge in [0.25, 0.3) is 0 Å². The fraction of sp³-hybridized carbons (Fsp3) is 0.556. The Bertz CT molecular complexity index is 475. The summed E-state index contributed by atoms with van der Waals surface area (Å²) in [7, 11) is 2.12. The van der Waals surface area contributed by atoms with E-state index >= 15 is 0 Å². The van der Waals surface area contributed by atoms with Gasteiger partial charge in [-0.3, -0.25) is 0 Å². The molecule has 19 heavy (non-hydrogen) atoms. The first kappa shape index (κ1) is 12.9. The Kier molecular flexibility index (Phi) is 3.74. The molecule has 1 aromatic rings. The number of aryl methyl sites for hydroxylation is 1. The number of hydrogen-bond acceptors (Lipinski definition) is 1. The van der Waals surface area contributed by atoms with E-state index in [1.54, 1.807) is 0 Å². The summed E-state index contributed by atoms with van der Waals surface area (Å²) in [4.78, 5) is 0. The standard InChI is InChI=1S/C18H25N/c1-13-7-9-15-11-14(8-10-17(13)15)12-16-5-3-4-6-18(16)19-2/h8,10-11,16,18-19H,1,3-7,9,12H2,2H3. The van der Waals surface area contributed by atoms with Crippen molar-refractivity contribution in [1.82, 2.24) is 5.32 Å². The highest BCUT2D eigenvalue weighted by Crippen LogP contribution is 2.33. The van der Waals surface area contributed by atoms with Crippen LogP contribution in [-0.4, -0.2) is 13.1 Å².